The van der Waals surface area contributed by atoms with Gasteiger partial charge in [-0.3, -0.25) is 0 Å². The predicted octanol–water partition coefficient (Wildman–Crippen LogP) is 21.0. The van der Waals surface area contributed by atoms with Gasteiger partial charge in [0.25, 0.3) is 0 Å². The lowest BCUT2D eigenvalue weighted by atomic mass is 9.85. The van der Waals surface area contributed by atoms with Gasteiger partial charge < -0.3 is 14.2 Å². The molecule has 11 aromatic rings. The highest BCUT2D eigenvalue weighted by Crippen LogP contribution is 2.47. The molecule has 0 spiro atoms. The zero-order valence-electron chi connectivity index (χ0n) is 44.1. The molecule has 0 amide bonds. The van der Waals surface area contributed by atoms with E-state index >= 15 is 0 Å². The number of hydrogen-bond acceptors (Lipinski definition) is 3. The highest BCUT2D eigenvalue weighted by molar-refractivity contribution is 6.14. The molecule has 0 aliphatic heterocycles. The van der Waals surface area contributed by atoms with E-state index in [1.807, 2.05) is 0 Å². The van der Waals surface area contributed by atoms with Crippen molar-refractivity contribution < 1.29 is 4.42 Å². The van der Waals surface area contributed by atoms with Gasteiger partial charge in [0.05, 0.1) is 11.4 Å². The molecule has 0 atom stereocenters. The van der Waals surface area contributed by atoms with Gasteiger partial charge in [-0.2, -0.15) is 0 Å². The van der Waals surface area contributed by atoms with Crippen molar-refractivity contribution in [2.24, 2.45) is 0 Å². The first-order valence-electron chi connectivity index (χ1n) is 26.1. The lowest BCUT2D eigenvalue weighted by Gasteiger charge is -2.30. The first kappa shape index (κ1) is 47.4. The van der Waals surface area contributed by atoms with Gasteiger partial charge >= 0.3 is 0 Å². The molecule has 0 bridgehead atoms. The highest BCUT2D eigenvalue weighted by atomic mass is 16.3. The molecule has 3 nitrogen and oxygen atoms in total. The molecule has 0 saturated carbocycles. The topological polar surface area (TPSA) is 19.6 Å². The Morgan fingerprint density at radius 1 is 0.342 bits per heavy atom. The van der Waals surface area contributed by atoms with Gasteiger partial charge in [0.2, 0.25) is 0 Å². The van der Waals surface area contributed by atoms with Crippen LogP contribution in [0.2, 0.25) is 0 Å². The number of fused-ring (bicyclic) bond motifs is 5. The summed E-state index contributed by atoms with van der Waals surface area (Å²) in [6.45, 7) is 22.8. The zero-order chi connectivity index (χ0) is 50.8. The maximum Gasteiger partial charge on any atom is 0.136 e. The van der Waals surface area contributed by atoms with Crippen LogP contribution in [0, 0.1) is 0 Å². The van der Waals surface area contributed by atoms with E-state index in [4.69, 9.17) is 4.42 Å². The second-order valence-corrected chi connectivity index (χ2v) is 22.7. The van der Waals surface area contributed by atoms with E-state index < -0.39 is 0 Å². The maximum absolute atomic E-state index is 6.91. The number of furan rings is 1. The SMILES string of the molecule is CC(C)c1ccc(N(c2ccc3cc4c(cc3c2)oc2cc3cc(N(c5ccc(C(C)C)cc5)c5cc(C(C)(C)C)ccc5-c5ccccc5)ccc3cc24)c2cc(C(C)(C)C)ccc2-c2ccccc2)cc1. The fraction of sp³-hybridized carbons (Fsp3) is 0.200. The third kappa shape index (κ3) is 9.19. The van der Waals surface area contributed by atoms with Crippen LogP contribution in [-0.4, -0.2) is 0 Å². The average molecular weight is 951 g/mol. The number of anilines is 6. The van der Waals surface area contributed by atoms with Crippen LogP contribution in [0.1, 0.15) is 103 Å². The second-order valence-electron chi connectivity index (χ2n) is 22.7. The van der Waals surface area contributed by atoms with Gasteiger partial charge in [0.15, 0.2) is 0 Å². The summed E-state index contributed by atoms with van der Waals surface area (Å²) < 4.78 is 6.91. The summed E-state index contributed by atoms with van der Waals surface area (Å²) >= 11 is 0. The molecule has 0 saturated heterocycles. The van der Waals surface area contributed by atoms with Crippen LogP contribution in [0.25, 0.3) is 65.7 Å². The molecule has 0 aliphatic carbocycles. The summed E-state index contributed by atoms with van der Waals surface area (Å²) in [7, 11) is 0. The summed E-state index contributed by atoms with van der Waals surface area (Å²) in [5.41, 5.74) is 18.4. The van der Waals surface area contributed by atoms with Crippen LogP contribution in [0.3, 0.4) is 0 Å². The van der Waals surface area contributed by atoms with E-state index in [1.165, 1.54) is 55.3 Å². The fourth-order valence-corrected chi connectivity index (χ4v) is 10.5. The molecule has 1 aromatic heterocycles. The molecule has 0 aliphatic rings. The molecular formula is C70H66N2O. The van der Waals surface area contributed by atoms with Gasteiger partial charge in [-0.05, 0) is 163 Å². The summed E-state index contributed by atoms with van der Waals surface area (Å²) in [5, 5.41) is 6.82. The molecule has 3 heteroatoms. The van der Waals surface area contributed by atoms with Crippen molar-refractivity contribution in [3.8, 4) is 22.3 Å². The Bertz CT molecular complexity index is 3540. The van der Waals surface area contributed by atoms with E-state index in [-0.39, 0.29) is 10.8 Å². The van der Waals surface area contributed by atoms with Crippen molar-refractivity contribution >= 4 is 77.6 Å². The Kier molecular flexibility index (Phi) is 12.1. The molecule has 0 unspecified atom stereocenters. The molecule has 1 heterocycles. The molecule has 10 aromatic carbocycles. The maximum atomic E-state index is 6.91. The minimum atomic E-state index is -0.0389. The Morgan fingerprint density at radius 2 is 0.712 bits per heavy atom. The van der Waals surface area contributed by atoms with Crippen molar-refractivity contribution in [2.75, 3.05) is 9.80 Å². The van der Waals surface area contributed by atoms with E-state index in [0.29, 0.717) is 11.8 Å². The monoisotopic (exact) mass is 951 g/mol. The van der Waals surface area contributed by atoms with Gasteiger partial charge in [0, 0.05) is 44.6 Å². The minimum absolute atomic E-state index is 0.0389. The zero-order valence-corrected chi connectivity index (χ0v) is 44.1. The third-order valence-electron chi connectivity index (χ3n) is 14.9. The van der Waals surface area contributed by atoms with Crippen LogP contribution in [-0.2, 0) is 10.8 Å². The Balaban J connectivity index is 1.05. The Morgan fingerprint density at radius 3 is 1.07 bits per heavy atom. The average Bonchev–Trinajstić information content (AvgIpc) is 3.73. The van der Waals surface area contributed by atoms with Crippen molar-refractivity contribution in [1.82, 2.24) is 0 Å². The largest absolute Gasteiger partial charge is 0.456 e. The van der Waals surface area contributed by atoms with Crippen LogP contribution in [0.5, 0.6) is 0 Å². The van der Waals surface area contributed by atoms with E-state index in [1.54, 1.807) is 0 Å². The molecule has 0 fully saturated rings. The van der Waals surface area contributed by atoms with Crippen molar-refractivity contribution in [1.29, 1.82) is 0 Å². The molecule has 11 rings (SSSR count). The number of benzene rings is 10. The molecule has 0 radical (unpaired) electrons. The van der Waals surface area contributed by atoms with Crippen LogP contribution >= 0.6 is 0 Å². The fourth-order valence-electron chi connectivity index (χ4n) is 10.5. The van der Waals surface area contributed by atoms with Crippen LogP contribution < -0.4 is 9.80 Å². The van der Waals surface area contributed by atoms with Gasteiger partial charge in [-0.25, -0.2) is 0 Å². The molecular weight excluding hydrogens is 885 g/mol. The molecule has 0 N–H and O–H groups in total. The Labute approximate surface area is 432 Å². The summed E-state index contributed by atoms with van der Waals surface area (Å²) in [6, 6.07) is 76.7. The minimum Gasteiger partial charge on any atom is -0.456 e. The summed E-state index contributed by atoms with van der Waals surface area (Å²) in [6.07, 6.45) is 0. The number of rotatable bonds is 10. The second kappa shape index (κ2) is 18.6. The van der Waals surface area contributed by atoms with E-state index in [9.17, 15) is 0 Å². The lowest BCUT2D eigenvalue weighted by Crippen LogP contribution is -2.15. The third-order valence-corrected chi connectivity index (χ3v) is 14.9. The van der Waals surface area contributed by atoms with E-state index in [0.717, 1.165) is 66.8 Å². The summed E-state index contributed by atoms with van der Waals surface area (Å²) in [5.74, 6) is 0.870. The van der Waals surface area contributed by atoms with Crippen LogP contribution in [0.15, 0.2) is 211 Å². The smallest absolute Gasteiger partial charge is 0.136 e. The Hall–Kier alpha value is -7.88. The van der Waals surface area contributed by atoms with Crippen molar-refractivity contribution in [3.63, 3.8) is 0 Å². The normalized spacial score (nSPS) is 12.2. The predicted molar refractivity (Wildman–Crippen MR) is 315 cm³/mol. The highest BCUT2D eigenvalue weighted by Gasteiger charge is 2.25. The molecule has 73 heavy (non-hydrogen) atoms. The van der Waals surface area contributed by atoms with Gasteiger partial charge in [-0.15, -0.1) is 0 Å². The van der Waals surface area contributed by atoms with Crippen molar-refractivity contribution in [3.05, 3.63) is 229 Å². The quantitative estimate of drug-likeness (QED) is 0.136. The van der Waals surface area contributed by atoms with Crippen molar-refractivity contribution in [2.45, 2.75) is 91.9 Å². The lowest BCUT2D eigenvalue weighted by molar-refractivity contribution is 0.590. The number of hydrogen-bond donors (Lipinski definition) is 0. The first-order valence-corrected chi connectivity index (χ1v) is 26.1. The van der Waals surface area contributed by atoms with Gasteiger partial charge in [-0.1, -0.05) is 191 Å². The first-order chi connectivity index (χ1) is 35.1. The number of nitrogens with zero attached hydrogens (tertiary/aromatic N) is 2. The summed E-state index contributed by atoms with van der Waals surface area (Å²) in [4.78, 5) is 4.89. The van der Waals surface area contributed by atoms with Crippen LogP contribution in [0.4, 0.5) is 34.1 Å². The van der Waals surface area contributed by atoms with E-state index in [2.05, 4.69) is 285 Å². The molecule has 362 valence electrons. The standard InChI is InChI=1S/C70H66N2O/c1-45(2)47-21-29-57(30-22-47)71(65-43-55(69(5,6)7)27-35-61(65)49-17-13-11-14-18-49)59-33-25-51-39-63-64-40-52-26-34-60(38-54(52)42-68(64)73-67(63)41-53(51)37-59)72(58-31-23-48(24-32-58)46(3)4)66-44-56(70(8,9)10)28-36-62(66)50-19-15-12-16-20-50/h11-46H,1-10H3. The van der Waals surface area contributed by atoms with Gasteiger partial charge in [0.1, 0.15) is 11.2 Å².